The molecule has 0 aliphatic heterocycles. The highest BCUT2D eigenvalue weighted by atomic mass is 16.6. The molecule has 3 rings (SSSR count). The normalized spacial score (nSPS) is 10.3. The minimum Gasteiger partial charge on any atom is -0.477 e. The van der Waals surface area contributed by atoms with Crippen molar-refractivity contribution in [1.29, 1.82) is 0 Å². The summed E-state index contributed by atoms with van der Waals surface area (Å²) >= 11 is 0. The molecule has 0 saturated heterocycles. The van der Waals surface area contributed by atoms with Crippen LogP contribution in [0.3, 0.4) is 0 Å². The first kappa shape index (κ1) is 20.1. The zero-order valence-corrected chi connectivity index (χ0v) is 15.9. The van der Waals surface area contributed by atoms with Gasteiger partial charge >= 0.3 is 5.69 Å². The van der Waals surface area contributed by atoms with Gasteiger partial charge in [-0.2, -0.15) is 0 Å². The van der Waals surface area contributed by atoms with E-state index in [1.807, 2.05) is 60.7 Å². The van der Waals surface area contributed by atoms with E-state index in [2.05, 4.69) is 0 Å². The van der Waals surface area contributed by atoms with Crippen LogP contribution in [0, 0.1) is 10.1 Å². The van der Waals surface area contributed by atoms with E-state index in [-0.39, 0.29) is 24.0 Å². The van der Waals surface area contributed by atoms with E-state index in [1.54, 1.807) is 17.0 Å². The Morgan fingerprint density at radius 1 is 0.862 bits per heavy atom. The maximum absolute atomic E-state index is 12.9. The number of rotatable bonds is 9. The SMILES string of the molecule is O=C(COc1ccccc1[N+](=O)[O-])N(CCc1ccccc1)Cc1ccccc1. The minimum atomic E-state index is -0.517. The van der Waals surface area contributed by atoms with Crippen LogP contribution in [0.15, 0.2) is 84.9 Å². The Kier molecular flexibility index (Phi) is 6.95. The molecule has 0 unspecified atom stereocenters. The van der Waals surface area contributed by atoms with Crippen molar-refractivity contribution in [2.75, 3.05) is 13.2 Å². The molecule has 0 saturated carbocycles. The highest BCUT2D eigenvalue weighted by Gasteiger charge is 2.18. The van der Waals surface area contributed by atoms with E-state index in [0.717, 1.165) is 11.1 Å². The van der Waals surface area contributed by atoms with Gasteiger partial charge in [0.15, 0.2) is 12.4 Å². The molecule has 0 aliphatic rings. The molecule has 148 valence electrons. The largest absolute Gasteiger partial charge is 0.477 e. The Morgan fingerprint density at radius 2 is 1.45 bits per heavy atom. The summed E-state index contributed by atoms with van der Waals surface area (Å²) in [6.07, 6.45) is 0.713. The third-order valence-electron chi connectivity index (χ3n) is 4.50. The summed E-state index contributed by atoms with van der Waals surface area (Å²) in [6.45, 7) is 0.719. The van der Waals surface area contributed by atoms with Gasteiger partial charge in [-0.3, -0.25) is 14.9 Å². The van der Waals surface area contributed by atoms with Crippen LogP contribution in [-0.2, 0) is 17.8 Å². The van der Waals surface area contributed by atoms with Crippen LogP contribution in [0.5, 0.6) is 5.75 Å². The van der Waals surface area contributed by atoms with Crippen LogP contribution in [-0.4, -0.2) is 28.9 Å². The van der Waals surface area contributed by atoms with Gasteiger partial charge in [-0.05, 0) is 23.6 Å². The second-order valence-corrected chi connectivity index (χ2v) is 6.55. The summed E-state index contributed by atoms with van der Waals surface area (Å²) in [7, 11) is 0. The summed E-state index contributed by atoms with van der Waals surface area (Å²) in [6, 6.07) is 25.7. The van der Waals surface area contributed by atoms with Crippen molar-refractivity contribution < 1.29 is 14.5 Å². The van der Waals surface area contributed by atoms with Gasteiger partial charge in [-0.25, -0.2) is 0 Å². The number of nitro groups is 1. The monoisotopic (exact) mass is 390 g/mol. The molecule has 3 aromatic rings. The lowest BCUT2D eigenvalue weighted by atomic mass is 10.1. The highest BCUT2D eigenvalue weighted by molar-refractivity contribution is 5.78. The molecule has 6 heteroatoms. The number of nitrogens with zero attached hydrogens (tertiary/aromatic N) is 2. The molecule has 1 amide bonds. The van der Waals surface area contributed by atoms with E-state index < -0.39 is 4.92 Å². The lowest BCUT2D eigenvalue weighted by Crippen LogP contribution is -2.36. The minimum absolute atomic E-state index is 0.0913. The Labute approximate surface area is 169 Å². The first-order valence-electron chi connectivity index (χ1n) is 9.35. The van der Waals surface area contributed by atoms with Gasteiger partial charge < -0.3 is 9.64 Å². The highest BCUT2D eigenvalue weighted by Crippen LogP contribution is 2.25. The van der Waals surface area contributed by atoms with Crippen LogP contribution in [0.25, 0.3) is 0 Å². The molecule has 0 aromatic heterocycles. The molecule has 0 spiro atoms. The Bertz CT molecular complexity index is 945. The van der Waals surface area contributed by atoms with Gasteiger partial charge in [0.2, 0.25) is 0 Å². The van der Waals surface area contributed by atoms with Crippen molar-refractivity contribution >= 4 is 11.6 Å². The second-order valence-electron chi connectivity index (χ2n) is 6.55. The van der Waals surface area contributed by atoms with Crippen LogP contribution in [0.4, 0.5) is 5.69 Å². The van der Waals surface area contributed by atoms with Crippen LogP contribution in [0.1, 0.15) is 11.1 Å². The molecule has 0 heterocycles. The smallest absolute Gasteiger partial charge is 0.310 e. The van der Waals surface area contributed by atoms with Gasteiger partial charge in [-0.1, -0.05) is 72.8 Å². The Balaban J connectivity index is 1.69. The third kappa shape index (κ3) is 5.90. The first-order chi connectivity index (χ1) is 14.1. The Hall–Kier alpha value is -3.67. The zero-order valence-electron chi connectivity index (χ0n) is 15.9. The molecule has 29 heavy (non-hydrogen) atoms. The topological polar surface area (TPSA) is 72.7 Å². The molecule has 6 nitrogen and oxygen atoms in total. The van der Waals surface area contributed by atoms with Crippen molar-refractivity contribution in [2.24, 2.45) is 0 Å². The van der Waals surface area contributed by atoms with Gasteiger partial charge in [-0.15, -0.1) is 0 Å². The summed E-state index contributed by atoms with van der Waals surface area (Å²) < 4.78 is 5.50. The van der Waals surface area contributed by atoms with Crippen LogP contribution < -0.4 is 4.74 Å². The van der Waals surface area contributed by atoms with E-state index in [0.29, 0.717) is 19.5 Å². The fourth-order valence-electron chi connectivity index (χ4n) is 2.97. The van der Waals surface area contributed by atoms with Gasteiger partial charge in [0.05, 0.1) is 4.92 Å². The van der Waals surface area contributed by atoms with Crippen LogP contribution in [0.2, 0.25) is 0 Å². The average molecular weight is 390 g/mol. The molecule has 0 aliphatic carbocycles. The summed E-state index contributed by atoms with van der Waals surface area (Å²) in [5.41, 5.74) is 2.00. The van der Waals surface area contributed by atoms with E-state index >= 15 is 0 Å². The van der Waals surface area contributed by atoms with Crippen molar-refractivity contribution in [3.63, 3.8) is 0 Å². The molecular weight excluding hydrogens is 368 g/mol. The number of amides is 1. The van der Waals surface area contributed by atoms with Gasteiger partial charge in [0.25, 0.3) is 5.91 Å². The summed E-state index contributed by atoms with van der Waals surface area (Å²) in [4.78, 5) is 25.2. The maximum Gasteiger partial charge on any atom is 0.310 e. The molecule has 0 N–H and O–H groups in total. The van der Waals surface area contributed by atoms with E-state index in [1.165, 1.54) is 12.1 Å². The molecule has 0 bridgehead atoms. The molecule has 3 aromatic carbocycles. The number of nitro benzene ring substituents is 1. The van der Waals surface area contributed by atoms with Crippen LogP contribution >= 0.6 is 0 Å². The number of ether oxygens (including phenoxy) is 1. The molecule has 0 fully saturated rings. The van der Waals surface area contributed by atoms with Crippen molar-refractivity contribution in [3.05, 3.63) is 106 Å². The fraction of sp³-hybridized carbons (Fsp3) is 0.174. The Morgan fingerprint density at radius 3 is 2.10 bits per heavy atom. The maximum atomic E-state index is 12.9. The first-order valence-corrected chi connectivity index (χ1v) is 9.35. The van der Waals surface area contributed by atoms with Gasteiger partial charge in [0.1, 0.15) is 0 Å². The number of benzene rings is 3. The van der Waals surface area contributed by atoms with Crippen molar-refractivity contribution in [2.45, 2.75) is 13.0 Å². The number of hydrogen-bond acceptors (Lipinski definition) is 4. The quantitative estimate of drug-likeness (QED) is 0.405. The average Bonchev–Trinajstić information content (AvgIpc) is 2.76. The predicted octanol–water partition coefficient (Wildman–Crippen LogP) is 4.25. The third-order valence-corrected chi connectivity index (χ3v) is 4.50. The predicted molar refractivity (Wildman–Crippen MR) is 111 cm³/mol. The van der Waals surface area contributed by atoms with Gasteiger partial charge in [0, 0.05) is 19.2 Å². The summed E-state index contributed by atoms with van der Waals surface area (Å²) in [5.74, 6) is -0.128. The van der Waals surface area contributed by atoms with Crippen molar-refractivity contribution in [1.82, 2.24) is 4.90 Å². The van der Waals surface area contributed by atoms with E-state index in [4.69, 9.17) is 4.74 Å². The van der Waals surface area contributed by atoms with E-state index in [9.17, 15) is 14.9 Å². The number of para-hydroxylation sites is 2. The molecular formula is C23H22N2O4. The lowest BCUT2D eigenvalue weighted by molar-refractivity contribution is -0.385. The number of hydrogen-bond donors (Lipinski definition) is 0. The summed E-state index contributed by atoms with van der Waals surface area (Å²) in [5, 5.41) is 11.1. The molecule has 0 atom stereocenters. The zero-order chi connectivity index (χ0) is 20.5. The van der Waals surface area contributed by atoms with Crippen molar-refractivity contribution in [3.8, 4) is 5.75 Å². The standard InChI is InChI=1S/C23H22N2O4/c26-23(18-29-22-14-8-7-13-21(22)25(27)28)24(17-20-11-5-2-6-12-20)16-15-19-9-3-1-4-10-19/h1-14H,15-18H2. The lowest BCUT2D eigenvalue weighted by Gasteiger charge is -2.23. The number of carbonyl (C=O) groups excluding carboxylic acids is 1. The second kappa shape index (κ2) is 10.0. The fourth-order valence-corrected chi connectivity index (χ4v) is 2.97. The number of carbonyl (C=O) groups is 1. The molecule has 0 radical (unpaired) electrons.